The molecule has 0 spiro atoms. The number of benzene rings is 4. The van der Waals surface area contributed by atoms with E-state index in [0.29, 0.717) is 80.6 Å². The van der Waals surface area contributed by atoms with Gasteiger partial charge in [0.05, 0.1) is 10.6 Å². The smallest absolute Gasteiger partial charge is 0.324 e. The predicted octanol–water partition coefficient (Wildman–Crippen LogP) is 12.1. The van der Waals surface area contributed by atoms with Crippen LogP contribution < -0.4 is 42.5 Å². The van der Waals surface area contributed by atoms with E-state index in [1.54, 1.807) is 85.2 Å². The van der Waals surface area contributed by atoms with Gasteiger partial charge in [-0.25, -0.2) is 19.6 Å². The number of carbonyl (C=O) groups excluding carboxylic acids is 2. The third kappa shape index (κ3) is 11.3. The van der Waals surface area contributed by atoms with Crippen molar-refractivity contribution in [2.24, 2.45) is 0 Å². The molecule has 69 heavy (non-hydrogen) atoms. The average molecular weight is 953 g/mol. The number of H-pyrrole nitrogens is 2. The summed E-state index contributed by atoms with van der Waals surface area (Å²) in [5.74, 6) is 3.89. The molecule has 2 aliphatic rings. The molecule has 4 aromatic heterocycles. The Hall–Kier alpha value is -8.72. The summed E-state index contributed by atoms with van der Waals surface area (Å²) in [6.45, 7) is 0. The molecule has 8 aromatic rings. The van der Waals surface area contributed by atoms with Gasteiger partial charge in [-0.1, -0.05) is 23.7 Å². The van der Waals surface area contributed by atoms with Crippen LogP contribution in [0.25, 0.3) is 11.1 Å². The molecule has 10 rings (SSSR count). The molecule has 4 aromatic carbocycles. The standard InChI is InChI=1S/C47H40ClF3N16O2/c48-36-17-16-33(21-35(36)47(49,50)51)59-46(69)57-31-14-10-29(11-15-31)55-44-53-24-34(42(63-44)61-41-23-38(65-67-41)26-6-7-26)27-2-1-3-32(20-27)58-45(68)56-30-12-8-28(9-13-30)54-43-52-19-18-39(62-43)60-40-22-37(64-66-40)25-4-5-25/h1-3,8-26H,4-7H2,(H2,56,58,68)(H2,57,59,69)(H3,52,54,60,62,64,66)(H3,53,55,61,63,65,67). The summed E-state index contributed by atoms with van der Waals surface area (Å²) in [5, 5.41) is 38.1. The molecule has 22 heteroatoms. The van der Waals surface area contributed by atoms with Crippen LogP contribution in [-0.4, -0.2) is 52.4 Å². The Kier molecular flexibility index (Phi) is 12.1. The number of hydrogen-bond acceptors (Lipinski definition) is 12. The lowest BCUT2D eigenvalue weighted by atomic mass is 10.1. The maximum atomic E-state index is 13.3. The SMILES string of the molecule is O=C(Nc1ccc(Nc2nccc(Nc3cc(C4CC4)[nH]n3)n2)cc1)Nc1cccc(-c2cnc(Nc3ccc(NC(=O)Nc4ccc(Cl)c(C(F)(F)F)c4)cc3)nc2Nc2cc(C3CC3)[nH]n2)c1. The Morgan fingerprint density at radius 1 is 0.565 bits per heavy atom. The zero-order chi connectivity index (χ0) is 47.5. The van der Waals surface area contributed by atoms with E-state index in [2.05, 4.69) is 77.9 Å². The molecule has 0 bridgehead atoms. The highest BCUT2D eigenvalue weighted by Crippen LogP contribution is 2.41. The largest absolute Gasteiger partial charge is 0.417 e. The fraction of sp³-hybridized carbons (Fsp3) is 0.149. The van der Waals surface area contributed by atoms with Crippen molar-refractivity contribution in [2.75, 3.05) is 42.5 Å². The Balaban J connectivity index is 0.779. The molecular formula is C47H40ClF3N16O2. The van der Waals surface area contributed by atoms with Crippen molar-refractivity contribution < 1.29 is 22.8 Å². The van der Waals surface area contributed by atoms with E-state index in [1.165, 1.54) is 18.9 Å². The number of aromatic nitrogens is 8. The molecular weight excluding hydrogens is 913 g/mol. The number of halogens is 4. The minimum Gasteiger partial charge on any atom is -0.324 e. The summed E-state index contributed by atoms with van der Waals surface area (Å²) < 4.78 is 39.9. The van der Waals surface area contributed by atoms with Gasteiger partial charge in [0.25, 0.3) is 0 Å². The van der Waals surface area contributed by atoms with Crippen LogP contribution in [0.1, 0.15) is 54.5 Å². The zero-order valence-corrected chi connectivity index (χ0v) is 36.8. The molecule has 0 atom stereocenters. The number of alkyl halides is 3. The van der Waals surface area contributed by atoms with Crippen LogP contribution in [0.5, 0.6) is 0 Å². The molecule has 4 amide bonds. The van der Waals surface area contributed by atoms with Crippen molar-refractivity contribution in [3.63, 3.8) is 0 Å². The van der Waals surface area contributed by atoms with E-state index in [0.717, 1.165) is 36.4 Å². The first kappa shape index (κ1) is 44.1. The van der Waals surface area contributed by atoms with E-state index >= 15 is 0 Å². The van der Waals surface area contributed by atoms with Gasteiger partial charge in [-0.05, 0) is 116 Å². The van der Waals surface area contributed by atoms with E-state index in [4.69, 9.17) is 16.6 Å². The Labute approximate surface area is 395 Å². The van der Waals surface area contributed by atoms with Gasteiger partial charge in [-0.2, -0.15) is 33.3 Å². The zero-order valence-electron chi connectivity index (χ0n) is 36.0. The molecule has 2 saturated carbocycles. The van der Waals surface area contributed by atoms with Crippen LogP contribution in [0.2, 0.25) is 5.02 Å². The highest BCUT2D eigenvalue weighted by atomic mass is 35.5. The fourth-order valence-corrected chi connectivity index (χ4v) is 7.43. The first-order valence-corrected chi connectivity index (χ1v) is 22.0. The van der Waals surface area contributed by atoms with Crippen LogP contribution in [0, 0.1) is 0 Å². The summed E-state index contributed by atoms with van der Waals surface area (Å²) in [6, 6.07) is 28.5. The summed E-state index contributed by atoms with van der Waals surface area (Å²) in [4.78, 5) is 44.1. The van der Waals surface area contributed by atoms with Crippen LogP contribution in [0.4, 0.5) is 92.1 Å². The van der Waals surface area contributed by atoms with E-state index in [-0.39, 0.29) is 11.6 Å². The normalized spacial score (nSPS) is 13.3. The molecule has 0 unspecified atom stereocenters. The van der Waals surface area contributed by atoms with Crippen molar-refractivity contribution in [3.05, 3.63) is 144 Å². The van der Waals surface area contributed by atoms with Gasteiger partial charge in [-0.15, -0.1) is 0 Å². The average Bonchev–Trinajstić information content (AvgIpc) is 4.27. The number of nitrogens with one attached hydrogen (secondary N) is 10. The van der Waals surface area contributed by atoms with Crippen molar-refractivity contribution >= 4 is 93.0 Å². The summed E-state index contributed by atoms with van der Waals surface area (Å²) >= 11 is 5.70. The number of aromatic amines is 2. The number of carbonyl (C=O) groups is 2. The maximum Gasteiger partial charge on any atom is 0.417 e. The molecule has 0 radical (unpaired) electrons. The number of rotatable bonds is 15. The molecule has 0 aliphatic heterocycles. The third-order valence-corrected chi connectivity index (χ3v) is 11.3. The van der Waals surface area contributed by atoms with Crippen LogP contribution in [0.3, 0.4) is 0 Å². The minimum absolute atomic E-state index is 0.0804. The van der Waals surface area contributed by atoms with E-state index in [1.807, 2.05) is 18.2 Å². The van der Waals surface area contributed by atoms with Gasteiger partial charge >= 0.3 is 18.2 Å². The number of hydrogen-bond donors (Lipinski definition) is 10. The Morgan fingerprint density at radius 2 is 1.10 bits per heavy atom. The van der Waals surface area contributed by atoms with E-state index < -0.39 is 28.8 Å². The number of urea groups is 2. The number of nitrogens with zero attached hydrogens (tertiary/aromatic N) is 6. The second-order valence-corrected chi connectivity index (χ2v) is 16.7. The molecule has 0 saturated heterocycles. The first-order chi connectivity index (χ1) is 33.4. The molecule has 18 nitrogen and oxygen atoms in total. The lowest BCUT2D eigenvalue weighted by Gasteiger charge is -2.14. The van der Waals surface area contributed by atoms with Crippen molar-refractivity contribution in [3.8, 4) is 11.1 Å². The lowest BCUT2D eigenvalue weighted by molar-refractivity contribution is -0.137. The molecule has 2 fully saturated rings. The third-order valence-electron chi connectivity index (χ3n) is 10.9. The number of anilines is 12. The van der Waals surface area contributed by atoms with Crippen molar-refractivity contribution in [2.45, 2.75) is 43.7 Å². The van der Waals surface area contributed by atoms with Gasteiger partial charge in [0.1, 0.15) is 11.6 Å². The van der Waals surface area contributed by atoms with Gasteiger partial charge in [0.15, 0.2) is 11.6 Å². The predicted molar refractivity (Wildman–Crippen MR) is 258 cm³/mol. The van der Waals surface area contributed by atoms with Crippen molar-refractivity contribution in [1.82, 2.24) is 40.3 Å². The Bertz CT molecular complexity index is 3160. The molecule has 10 N–H and O–H groups in total. The van der Waals surface area contributed by atoms with Crippen LogP contribution in [-0.2, 0) is 6.18 Å². The molecule has 2 aliphatic carbocycles. The Morgan fingerprint density at radius 3 is 1.70 bits per heavy atom. The molecule has 348 valence electrons. The van der Waals surface area contributed by atoms with Crippen LogP contribution >= 0.6 is 11.6 Å². The lowest BCUT2D eigenvalue weighted by Crippen LogP contribution is -2.20. The van der Waals surface area contributed by atoms with Gasteiger partial charge in [0.2, 0.25) is 11.9 Å². The highest BCUT2D eigenvalue weighted by molar-refractivity contribution is 6.31. The van der Waals surface area contributed by atoms with Gasteiger partial charge in [0, 0.05) is 87.4 Å². The number of amides is 4. The molecule has 4 heterocycles. The monoisotopic (exact) mass is 952 g/mol. The maximum absolute atomic E-state index is 13.3. The highest BCUT2D eigenvalue weighted by Gasteiger charge is 2.33. The van der Waals surface area contributed by atoms with E-state index in [9.17, 15) is 22.8 Å². The summed E-state index contributed by atoms with van der Waals surface area (Å²) in [6.07, 6.45) is 3.13. The van der Waals surface area contributed by atoms with Gasteiger partial charge in [-0.3, -0.25) is 10.2 Å². The van der Waals surface area contributed by atoms with Gasteiger partial charge < -0.3 is 42.5 Å². The van der Waals surface area contributed by atoms with Crippen LogP contribution in [0.15, 0.2) is 122 Å². The quantitative estimate of drug-likeness (QED) is 0.0462. The summed E-state index contributed by atoms with van der Waals surface area (Å²) in [5.41, 5.74) is 5.05. The fourth-order valence-electron chi connectivity index (χ4n) is 7.20. The summed E-state index contributed by atoms with van der Waals surface area (Å²) in [7, 11) is 0. The topological polar surface area (TPSA) is 239 Å². The minimum atomic E-state index is -4.68. The second-order valence-electron chi connectivity index (χ2n) is 16.3. The second kappa shape index (κ2) is 18.9. The van der Waals surface area contributed by atoms with Crippen molar-refractivity contribution in [1.29, 1.82) is 0 Å². The first-order valence-electron chi connectivity index (χ1n) is 21.6.